The summed E-state index contributed by atoms with van der Waals surface area (Å²) in [7, 11) is 1.23. The van der Waals surface area contributed by atoms with Gasteiger partial charge in [-0.3, -0.25) is 4.79 Å². The van der Waals surface area contributed by atoms with Gasteiger partial charge < -0.3 is 35.5 Å². The monoisotopic (exact) mass is 686 g/mol. The maximum absolute atomic E-state index is 15.7. The zero-order valence-electron chi connectivity index (χ0n) is 27.5. The minimum absolute atomic E-state index is 0.0154. The van der Waals surface area contributed by atoms with Gasteiger partial charge in [0, 0.05) is 31.1 Å². The predicted molar refractivity (Wildman–Crippen MR) is 184 cm³/mol. The van der Waals surface area contributed by atoms with Crippen LogP contribution in [-0.4, -0.2) is 69.3 Å². The molecule has 3 amide bonds. The van der Waals surface area contributed by atoms with Crippen molar-refractivity contribution < 1.29 is 37.4 Å². The molecule has 4 aromatic carbocycles. The van der Waals surface area contributed by atoms with Gasteiger partial charge in [0.15, 0.2) is 0 Å². The minimum Gasteiger partial charge on any atom is -0.453 e. The summed E-state index contributed by atoms with van der Waals surface area (Å²) in [5.41, 5.74) is 3.29. The van der Waals surface area contributed by atoms with Crippen LogP contribution >= 0.6 is 0 Å². The Morgan fingerprint density at radius 3 is 2.14 bits per heavy atom. The van der Waals surface area contributed by atoms with Crippen LogP contribution in [0.1, 0.15) is 28.2 Å². The largest absolute Gasteiger partial charge is 0.453 e. The second kappa shape index (κ2) is 17.9. The quantitative estimate of drug-likeness (QED) is 0.147. The van der Waals surface area contributed by atoms with Gasteiger partial charge in [0.2, 0.25) is 5.91 Å². The molecule has 0 aliphatic carbocycles. The molecule has 4 atom stereocenters. The maximum atomic E-state index is 15.7. The van der Waals surface area contributed by atoms with E-state index in [0.29, 0.717) is 11.3 Å². The highest BCUT2D eigenvalue weighted by Crippen LogP contribution is 2.30. The number of ether oxygens (including phenoxy) is 3. The molecule has 0 spiro atoms. The third kappa shape index (κ3) is 10.1. The van der Waals surface area contributed by atoms with E-state index in [0.717, 1.165) is 16.7 Å². The number of amides is 3. The lowest BCUT2D eigenvalue weighted by Crippen LogP contribution is -2.52. The van der Waals surface area contributed by atoms with E-state index in [9.17, 15) is 18.8 Å². The molecule has 1 aliphatic rings. The van der Waals surface area contributed by atoms with Crippen LogP contribution < -0.4 is 21.3 Å². The summed E-state index contributed by atoms with van der Waals surface area (Å²) in [4.78, 5) is 38.6. The molecular weight excluding hydrogens is 646 g/mol. The van der Waals surface area contributed by atoms with E-state index in [2.05, 4.69) is 21.3 Å². The van der Waals surface area contributed by atoms with Crippen molar-refractivity contribution in [3.8, 4) is 0 Å². The van der Waals surface area contributed by atoms with Crippen molar-refractivity contribution in [2.45, 2.75) is 43.2 Å². The second-order valence-corrected chi connectivity index (χ2v) is 11.8. The van der Waals surface area contributed by atoms with Gasteiger partial charge in [0.1, 0.15) is 30.7 Å². The number of para-hydroxylation sites is 1. The van der Waals surface area contributed by atoms with Crippen LogP contribution in [0.5, 0.6) is 0 Å². The van der Waals surface area contributed by atoms with Crippen LogP contribution in [0.15, 0.2) is 109 Å². The first-order valence-electron chi connectivity index (χ1n) is 16.3. The Hall–Kier alpha value is -5.33. The average Bonchev–Trinajstić information content (AvgIpc) is 3.15. The van der Waals surface area contributed by atoms with E-state index in [1.54, 1.807) is 36.4 Å². The number of alkyl halides is 1. The van der Waals surface area contributed by atoms with Crippen molar-refractivity contribution >= 4 is 23.8 Å². The topological polar surface area (TPSA) is 127 Å². The van der Waals surface area contributed by atoms with Gasteiger partial charge in [0.05, 0.1) is 19.8 Å². The first-order valence-corrected chi connectivity index (χ1v) is 16.3. The molecule has 10 nitrogen and oxygen atoms in total. The molecule has 1 fully saturated rings. The number of hydrogen-bond donors (Lipinski definition) is 4. The van der Waals surface area contributed by atoms with Crippen molar-refractivity contribution in [3.63, 3.8) is 0 Å². The Balaban J connectivity index is 1.18. The first kappa shape index (κ1) is 36.0. The SMILES string of the molecule is COC(=O)NC(C(=O)Nc1ccccc1CC(F)C1CNC(COC(=O)NCc2ccc(F)cc2)CO1)C(c1ccccc1)c1ccccc1. The summed E-state index contributed by atoms with van der Waals surface area (Å²) in [5.74, 6) is -1.42. The van der Waals surface area contributed by atoms with Crippen LogP contribution in [0.4, 0.5) is 24.1 Å². The van der Waals surface area contributed by atoms with E-state index in [-0.39, 0.29) is 44.6 Å². The third-order valence-corrected chi connectivity index (χ3v) is 8.37. The highest BCUT2D eigenvalue weighted by Gasteiger charge is 2.34. The van der Waals surface area contributed by atoms with Crippen LogP contribution in [-0.2, 0) is 32.0 Å². The molecular formula is C38H40F2N4O6. The van der Waals surface area contributed by atoms with E-state index in [1.807, 2.05) is 60.7 Å². The number of nitrogens with one attached hydrogen (secondary N) is 4. The normalized spacial score (nSPS) is 16.9. The molecule has 0 saturated carbocycles. The molecule has 4 unspecified atom stereocenters. The maximum Gasteiger partial charge on any atom is 0.407 e. The number of carbonyl (C=O) groups is 3. The van der Waals surface area contributed by atoms with Crippen molar-refractivity contribution in [1.29, 1.82) is 0 Å². The van der Waals surface area contributed by atoms with E-state index in [4.69, 9.17) is 14.2 Å². The van der Waals surface area contributed by atoms with Crippen LogP contribution in [0.2, 0.25) is 0 Å². The summed E-state index contributed by atoms with van der Waals surface area (Å²) in [6.07, 6.45) is -3.66. The number of anilines is 1. The molecule has 50 heavy (non-hydrogen) atoms. The lowest BCUT2D eigenvalue weighted by molar-refractivity contribution is -0.118. The summed E-state index contributed by atoms with van der Waals surface area (Å²) in [6, 6.07) is 30.0. The van der Waals surface area contributed by atoms with E-state index >= 15 is 4.39 Å². The molecule has 1 saturated heterocycles. The molecule has 0 aromatic heterocycles. The van der Waals surface area contributed by atoms with Gasteiger partial charge in [0.25, 0.3) is 0 Å². The van der Waals surface area contributed by atoms with Gasteiger partial charge >= 0.3 is 12.2 Å². The van der Waals surface area contributed by atoms with E-state index in [1.165, 1.54) is 19.2 Å². The zero-order chi connectivity index (χ0) is 35.3. The van der Waals surface area contributed by atoms with Gasteiger partial charge in [-0.25, -0.2) is 18.4 Å². The molecule has 1 aliphatic heterocycles. The molecule has 12 heteroatoms. The highest BCUT2D eigenvalue weighted by atomic mass is 19.1. The number of hydrogen-bond acceptors (Lipinski definition) is 7. The lowest BCUT2D eigenvalue weighted by Gasteiger charge is -2.32. The summed E-state index contributed by atoms with van der Waals surface area (Å²) < 4.78 is 44.7. The Bertz CT molecular complexity index is 1650. The second-order valence-electron chi connectivity index (χ2n) is 11.8. The van der Waals surface area contributed by atoms with Gasteiger partial charge in [-0.15, -0.1) is 0 Å². The number of alkyl carbamates (subject to hydrolysis) is 2. The first-order chi connectivity index (χ1) is 24.3. The number of methoxy groups -OCH3 is 1. The standard InChI is InChI=1S/C38H40F2N4O6/c1-48-38(47)44-35(34(26-10-4-2-5-11-26)27-12-6-3-7-13-27)36(45)43-32-15-9-8-14-28(32)20-31(40)33-22-41-30(23-49-33)24-50-37(46)42-21-25-16-18-29(39)19-17-25/h2-19,30-31,33-35,41H,20-24H2,1H3,(H,42,46)(H,43,45)(H,44,47). The van der Waals surface area contributed by atoms with Gasteiger partial charge in [-0.2, -0.15) is 0 Å². The minimum atomic E-state index is -1.42. The fourth-order valence-corrected chi connectivity index (χ4v) is 5.74. The van der Waals surface area contributed by atoms with Crippen molar-refractivity contribution in [2.24, 2.45) is 0 Å². The Morgan fingerprint density at radius 1 is 0.880 bits per heavy atom. The smallest absolute Gasteiger partial charge is 0.407 e. The Kier molecular flexibility index (Phi) is 12.9. The van der Waals surface area contributed by atoms with Crippen molar-refractivity contribution in [3.05, 3.63) is 137 Å². The molecule has 1 heterocycles. The number of rotatable bonds is 13. The fraction of sp³-hybridized carbons (Fsp3) is 0.289. The number of carbonyl (C=O) groups excluding carboxylic acids is 3. The molecule has 4 N–H and O–H groups in total. The summed E-state index contributed by atoms with van der Waals surface area (Å²) in [6.45, 7) is 0.504. The van der Waals surface area contributed by atoms with Crippen LogP contribution in [0, 0.1) is 5.82 Å². The molecule has 262 valence electrons. The summed E-state index contributed by atoms with van der Waals surface area (Å²) in [5, 5.41) is 11.4. The molecule has 4 aromatic rings. The molecule has 5 rings (SSSR count). The van der Waals surface area contributed by atoms with Crippen LogP contribution in [0.3, 0.4) is 0 Å². The number of halogens is 2. The number of benzene rings is 4. The molecule has 0 radical (unpaired) electrons. The van der Waals surface area contributed by atoms with Crippen molar-refractivity contribution in [2.75, 3.05) is 32.2 Å². The average molecular weight is 687 g/mol. The lowest BCUT2D eigenvalue weighted by atomic mass is 9.84. The Morgan fingerprint density at radius 2 is 1.52 bits per heavy atom. The molecule has 0 bridgehead atoms. The zero-order valence-corrected chi connectivity index (χ0v) is 27.5. The van der Waals surface area contributed by atoms with Gasteiger partial charge in [-0.05, 0) is 40.5 Å². The van der Waals surface area contributed by atoms with Gasteiger partial charge in [-0.1, -0.05) is 91.0 Å². The van der Waals surface area contributed by atoms with Crippen LogP contribution in [0.25, 0.3) is 0 Å². The van der Waals surface area contributed by atoms with E-state index < -0.39 is 42.3 Å². The summed E-state index contributed by atoms with van der Waals surface area (Å²) >= 11 is 0. The van der Waals surface area contributed by atoms with Crippen molar-refractivity contribution in [1.82, 2.24) is 16.0 Å². The fourth-order valence-electron chi connectivity index (χ4n) is 5.74. The number of morpholine rings is 1. The Labute approximate surface area is 289 Å². The highest BCUT2D eigenvalue weighted by molar-refractivity contribution is 5.98. The third-order valence-electron chi connectivity index (χ3n) is 8.37. The predicted octanol–water partition coefficient (Wildman–Crippen LogP) is 5.48.